The molecule has 106 valence electrons. The monoisotopic (exact) mass is 252 g/mol. The van der Waals surface area contributed by atoms with E-state index in [0.717, 1.165) is 6.04 Å². The normalized spacial score (nSPS) is 29.7. The zero-order chi connectivity index (χ0) is 13.2. The van der Waals surface area contributed by atoms with Gasteiger partial charge in [0.1, 0.15) is 0 Å². The molecule has 0 aromatic carbocycles. The first kappa shape index (κ1) is 14.3. The zero-order valence-electron chi connectivity index (χ0n) is 12.9. The first-order chi connectivity index (χ1) is 8.44. The van der Waals surface area contributed by atoms with Crippen molar-refractivity contribution in [3.8, 4) is 0 Å². The molecule has 2 fully saturated rings. The van der Waals surface area contributed by atoms with Crippen molar-refractivity contribution in [3.05, 3.63) is 0 Å². The number of piperazine rings is 1. The van der Waals surface area contributed by atoms with Crippen molar-refractivity contribution in [1.29, 1.82) is 0 Å². The molecule has 0 bridgehead atoms. The van der Waals surface area contributed by atoms with Crippen LogP contribution in [0.15, 0.2) is 0 Å². The largest absolute Gasteiger partial charge is 0.308 e. The second-order valence-corrected chi connectivity index (χ2v) is 7.75. The molecule has 1 N–H and O–H groups in total. The average Bonchev–Trinajstić information content (AvgIpc) is 2.28. The van der Waals surface area contributed by atoms with Gasteiger partial charge in [0.2, 0.25) is 0 Å². The Morgan fingerprint density at radius 3 is 2.39 bits per heavy atom. The van der Waals surface area contributed by atoms with Crippen LogP contribution in [0.5, 0.6) is 0 Å². The maximum absolute atomic E-state index is 3.91. The minimum absolute atomic E-state index is 0.417. The van der Waals surface area contributed by atoms with Gasteiger partial charge in [0.25, 0.3) is 0 Å². The van der Waals surface area contributed by atoms with Gasteiger partial charge in [0, 0.05) is 31.2 Å². The molecule has 1 unspecified atom stereocenters. The molecular formula is C16H32N2. The van der Waals surface area contributed by atoms with E-state index in [2.05, 4.69) is 37.9 Å². The van der Waals surface area contributed by atoms with E-state index in [9.17, 15) is 0 Å². The number of hydrogen-bond acceptors (Lipinski definition) is 2. The smallest absolute Gasteiger partial charge is 0.0309 e. The van der Waals surface area contributed by atoms with Gasteiger partial charge in [-0.15, -0.1) is 0 Å². The van der Waals surface area contributed by atoms with E-state index in [4.69, 9.17) is 0 Å². The lowest BCUT2D eigenvalue weighted by atomic mass is 9.78. The van der Waals surface area contributed by atoms with Crippen molar-refractivity contribution in [1.82, 2.24) is 10.2 Å². The van der Waals surface area contributed by atoms with Crippen LogP contribution in [0.25, 0.3) is 0 Å². The minimum Gasteiger partial charge on any atom is -0.308 e. The molecule has 1 spiro atoms. The fraction of sp³-hybridized carbons (Fsp3) is 1.00. The van der Waals surface area contributed by atoms with E-state index in [1.54, 1.807) is 0 Å². The number of nitrogens with one attached hydrogen (secondary N) is 1. The fourth-order valence-electron chi connectivity index (χ4n) is 3.80. The molecule has 1 aliphatic heterocycles. The highest BCUT2D eigenvalue weighted by Gasteiger charge is 2.40. The van der Waals surface area contributed by atoms with Crippen LogP contribution in [0.3, 0.4) is 0 Å². The summed E-state index contributed by atoms with van der Waals surface area (Å²) in [6, 6.07) is 0.747. The molecule has 1 saturated heterocycles. The predicted octanol–water partition coefficient (Wildman–Crippen LogP) is 3.42. The Labute approximate surface area is 114 Å². The lowest BCUT2D eigenvalue weighted by Crippen LogP contribution is -2.65. The van der Waals surface area contributed by atoms with Gasteiger partial charge in [-0.3, -0.25) is 4.90 Å². The van der Waals surface area contributed by atoms with Crippen LogP contribution in [-0.4, -0.2) is 36.1 Å². The standard InChI is InChI=1S/C16H32N2/c1-5-14-11-17-16(9-7-6-8-10-16)13-18(14)12-15(2,3)4/h14,17H,5-13H2,1-4H3. The summed E-state index contributed by atoms with van der Waals surface area (Å²) in [4.78, 5) is 2.78. The van der Waals surface area contributed by atoms with Crippen molar-refractivity contribution in [2.24, 2.45) is 5.41 Å². The molecule has 1 heterocycles. The third-order valence-corrected chi connectivity index (χ3v) is 4.69. The maximum Gasteiger partial charge on any atom is 0.0309 e. The summed E-state index contributed by atoms with van der Waals surface area (Å²) < 4.78 is 0. The molecule has 0 aromatic heterocycles. The third-order valence-electron chi connectivity index (χ3n) is 4.69. The lowest BCUT2D eigenvalue weighted by Gasteiger charge is -2.51. The molecule has 1 aliphatic carbocycles. The Kier molecular flexibility index (Phi) is 4.38. The first-order valence-electron chi connectivity index (χ1n) is 7.93. The summed E-state index contributed by atoms with van der Waals surface area (Å²) in [6.07, 6.45) is 8.35. The van der Waals surface area contributed by atoms with Gasteiger partial charge in [-0.1, -0.05) is 47.0 Å². The summed E-state index contributed by atoms with van der Waals surface area (Å²) in [5.41, 5.74) is 0.871. The van der Waals surface area contributed by atoms with Gasteiger partial charge in [-0.25, -0.2) is 0 Å². The molecule has 2 rings (SSSR count). The summed E-state index contributed by atoms with van der Waals surface area (Å²) in [7, 11) is 0. The van der Waals surface area contributed by atoms with Crippen LogP contribution in [0.1, 0.15) is 66.2 Å². The fourth-order valence-corrected chi connectivity index (χ4v) is 3.80. The zero-order valence-corrected chi connectivity index (χ0v) is 12.9. The Hall–Kier alpha value is -0.0800. The molecule has 0 amide bonds. The number of rotatable bonds is 2. The van der Waals surface area contributed by atoms with Gasteiger partial charge in [-0.05, 0) is 24.7 Å². The second kappa shape index (κ2) is 5.50. The van der Waals surface area contributed by atoms with Crippen molar-refractivity contribution >= 4 is 0 Å². The van der Waals surface area contributed by atoms with Crippen LogP contribution in [0.2, 0.25) is 0 Å². The molecule has 2 nitrogen and oxygen atoms in total. The highest BCUT2D eigenvalue weighted by Crippen LogP contribution is 2.33. The first-order valence-corrected chi connectivity index (χ1v) is 7.93. The van der Waals surface area contributed by atoms with Crippen LogP contribution >= 0.6 is 0 Å². The summed E-state index contributed by atoms with van der Waals surface area (Å²) in [5, 5.41) is 3.91. The molecule has 2 heteroatoms. The Bertz CT molecular complexity index is 261. The molecule has 1 atom stereocenters. The van der Waals surface area contributed by atoms with E-state index < -0.39 is 0 Å². The van der Waals surface area contributed by atoms with Crippen molar-refractivity contribution < 1.29 is 0 Å². The topological polar surface area (TPSA) is 15.3 Å². The van der Waals surface area contributed by atoms with Crippen LogP contribution in [-0.2, 0) is 0 Å². The highest BCUT2D eigenvalue weighted by atomic mass is 15.3. The van der Waals surface area contributed by atoms with Crippen LogP contribution < -0.4 is 5.32 Å². The van der Waals surface area contributed by atoms with Gasteiger partial charge in [-0.2, -0.15) is 0 Å². The summed E-state index contributed by atoms with van der Waals surface area (Å²) >= 11 is 0. The average molecular weight is 252 g/mol. The van der Waals surface area contributed by atoms with E-state index in [1.165, 1.54) is 58.2 Å². The molecule has 0 aromatic rings. The van der Waals surface area contributed by atoms with Gasteiger partial charge < -0.3 is 5.32 Å². The van der Waals surface area contributed by atoms with Gasteiger partial charge in [0.15, 0.2) is 0 Å². The van der Waals surface area contributed by atoms with Gasteiger partial charge in [0.05, 0.1) is 0 Å². The SMILES string of the molecule is CCC1CNC2(CCCCC2)CN1CC(C)(C)C. The number of nitrogens with zero attached hydrogens (tertiary/aromatic N) is 1. The summed E-state index contributed by atoms with van der Waals surface area (Å²) in [5.74, 6) is 0. The minimum atomic E-state index is 0.417. The number of hydrogen-bond donors (Lipinski definition) is 1. The molecular weight excluding hydrogens is 220 g/mol. The Balaban J connectivity index is 2.03. The highest BCUT2D eigenvalue weighted by molar-refractivity contribution is 5.00. The van der Waals surface area contributed by atoms with Crippen LogP contribution in [0.4, 0.5) is 0 Å². The van der Waals surface area contributed by atoms with Crippen molar-refractivity contribution in [3.63, 3.8) is 0 Å². The molecule has 1 saturated carbocycles. The molecule has 18 heavy (non-hydrogen) atoms. The molecule has 2 aliphatic rings. The van der Waals surface area contributed by atoms with Crippen LogP contribution in [0, 0.1) is 5.41 Å². The maximum atomic E-state index is 3.91. The predicted molar refractivity (Wildman–Crippen MR) is 78.9 cm³/mol. The van der Waals surface area contributed by atoms with E-state index in [0.29, 0.717) is 11.0 Å². The van der Waals surface area contributed by atoms with Crippen molar-refractivity contribution in [2.75, 3.05) is 19.6 Å². The Morgan fingerprint density at radius 2 is 1.83 bits per heavy atom. The summed E-state index contributed by atoms with van der Waals surface area (Å²) in [6.45, 7) is 13.2. The molecule has 0 radical (unpaired) electrons. The quantitative estimate of drug-likeness (QED) is 0.810. The van der Waals surface area contributed by atoms with E-state index >= 15 is 0 Å². The second-order valence-electron chi connectivity index (χ2n) is 7.75. The Morgan fingerprint density at radius 1 is 1.17 bits per heavy atom. The third kappa shape index (κ3) is 3.48. The van der Waals surface area contributed by atoms with Gasteiger partial charge >= 0.3 is 0 Å². The lowest BCUT2D eigenvalue weighted by molar-refractivity contribution is 0.0320. The van der Waals surface area contributed by atoms with E-state index in [1.807, 2.05) is 0 Å². The van der Waals surface area contributed by atoms with E-state index in [-0.39, 0.29) is 0 Å². The van der Waals surface area contributed by atoms with Crippen molar-refractivity contribution in [2.45, 2.75) is 77.8 Å².